The molecule has 2 atom stereocenters. The number of fused-ring (bicyclic) bond motifs is 2. The van der Waals surface area contributed by atoms with Gasteiger partial charge in [-0.15, -0.1) is 0 Å². The van der Waals surface area contributed by atoms with Gasteiger partial charge < -0.3 is 19.7 Å². The second kappa shape index (κ2) is 11.7. The average Bonchev–Trinajstić information content (AvgIpc) is 2.92. The minimum atomic E-state index is -0.560. The van der Waals surface area contributed by atoms with Crippen molar-refractivity contribution in [1.82, 2.24) is 9.80 Å². The van der Waals surface area contributed by atoms with Crippen LogP contribution >= 0.6 is 0 Å². The summed E-state index contributed by atoms with van der Waals surface area (Å²) in [4.78, 5) is 4.51. The van der Waals surface area contributed by atoms with E-state index in [1.165, 1.54) is 0 Å². The molecule has 1 aliphatic rings. The van der Waals surface area contributed by atoms with E-state index in [1.54, 1.807) is 0 Å². The Morgan fingerprint density at radius 3 is 1.39 bits per heavy atom. The molecule has 0 unspecified atom stereocenters. The second-order valence-electron chi connectivity index (χ2n) is 9.49. The van der Waals surface area contributed by atoms with Gasteiger partial charge in [-0.1, -0.05) is 72.8 Å². The molecule has 0 aromatic heterocycles. The highest BCUT2D eigenvalue weighted by Gasteiger charge is 2.21. The summed E-state index contributed by atoms with van der Waals surface area (Å²) in [5.74, 6) is 1.60. The van der Waals surface area contributed by atoms with Crippen LogP contribution in [0.2, 0.25) is 0 Å². The normalized spacial score (nSPS) is 16.7. The van der Waals surface area contributed by atoms with Crippen LogP contribution in [0.5, 0.6) is 11.5 Å². The SMILES string of the molecule is O[C@H](COc1cccc2ccccc12)CN1CCN(C[C@H](O)COc2cccc3ccccc23)CC1. The summed E-state index contributed by atoms with van der Waals surface area (Å²) in [6, 6.07) is 28.2. The fourth-order valence-corrected chi connectivity index (χ4v) is 4.87. The maximum absolute atomic E-state index is 10.6. The zero-order valence-corrected chi connectivity index (χ0v) is 20.5. The lowest BCUT2D eigenvalue weighted by molar-refractivity contribution is 0.0244. The van der Waals surface area contributed by atoms with Crippen molar-refractivity contribution in [1.29, 1.82) is 0 Å². The Kier molecular flexibility index (Phi) is 7.98. The number of aliphatic hydroxyl groups is 2. The van der Waals surface area contributed by atoms with Crippen LogP contribution in [0.25, 0.3) is 21.5 Å². The Morgan fingerprint density at radius 2 is 0.944 bits per heavy atom. The highest BCUT2D eigenvalue weighted by atomic mass is 16.5. The molecule has 36 heavy (non-hydrogen) atoms. The number of aliphatic hydroxyl groups excluding tert-OH is 2. The van der Waals surface area contributed by atoms with Crippen LogP contribution in [0.3, 0.4) is 0 Å². The van der Waals surface area contributed by atoms with Crippen molar-refractivity contribution in [2.45, 2.75) is 12.2 Å². The lowest BCUT2D eigenvalue weighted by Gasteiger charge is -2.36. The predicted molar refractivity (Wildman–Crippen MR) is 144 cm³/mol. The van der Waals surface area contributed by atoms with Gasteiger partial charge in [0, 0.05) is 50.0 Å². The maximum atomic E-state index is 10.6. The zero-order chi connectivity index (χ0) is 24.7. The van der Waals surface area contributed by atoms with E-state index in [2.05, 4.69) is 34.1 Å². The van der Waals surface area contributed by atoms with E-state index >= 15 is 0 Å². The van der Waals surface area contributed by atoms with Gasteiger partial charge in [-0.3, -0.25) is 9.80 Å². The number of hydrogen-bond donors (Lipinski definition) is 2. The van der Waals surface area contributed by atoms with E-state index in [0.29, 0.717) is 13.1 Å². The Hall–Kier alpha value is -3.16. The quantitative estimate of drug-likeness (QED) is 0.356. The van der Waals surface area contributed by atoms with Crippen LogP contribution in [0.1, 0.15) is 0 Å². The van der Waals surface area contributed by atoms with E-state index in [0.717, 1.165) is 59.2 Å². The van der Waals surface area contributed by atoms with Gasteiger partial charge >= 0.3 is 0 Å². The molecular formula is C30H34N2O4. The molecule has 6 heteroatoms. The molecule has 5 rings (SSSR count). The van der Waals surface area contributed by atoms with Crippen molar-refractivity contribution >= 4 is 21.5 Å². The lowest BCUT2D eigenvalue weighted by Crippen LogP contribution is -2.51. The van der Waals surface area contributed by atoms with Gasteiger partial charge in [-0.25, -0.2) is 0 Å². The van der Waals surface area contributed by atoms with Crippen LogP contribution < -0.4 is 9.47 Å². The maximum Gasteiger partial charge on any atom is 0.127 e. The summed E-state index contributed by atoms with van der Waals surface area (Å²) in [6.45, 7) is 5.07. The average molecular weight is 487 g/mol. The van der Waals surface area contributed by atoms with Gasteiger partial charge in [0.2, 0.25) is 0 Å². The third kappa shape index (κ3) is 6.15. The minimum Gasteiger partial charge on any atom is -0.490 e. The van der Waals surface area contributed by atoms with E-state index < -0.39 is 12.2 Å². The molecule has 0 amide bonds. The molecule has 0 spiro atoms. The number of hydrogen-bond acceptors (Lipinski definition) is 6. The van der Waals surface area contributed by atoms with E-state index in [4.69, 9.17) is 9.47 Å². The molecule has 1 fully saturated rings. The van der Waals surface area contributed by atoms with Crippen molar-refractivity contribution in [3.63, 3.8) is 0 Å². The van der Waals surface area contributed by atoms with Crippen LogP contribution in [0.15, 0.2) is 84.9 Å². The second-order valence-corrected chi connectivity index (χ2v) is 9.49. The molecule has 0 aliphatic carbocycles. The van der Waals surface area contributed by atoms with Crippen molar-refractivity contribution in [2.75, 3.05) is 52.5 Å². The molecule has 188 valence electrons. The van der Waals surface area contributed by atoms with Crippen LogP contribution in [-0.4, -0.2) is 84.7 Å². The summed E-state index contributed by atoms with van der Waals surface area (Å²) in [6.07, 6.45) is -1.12. The minimum absolute atomic E-state index is 0.262. The van der Waals surface area contributed by atoms with Crippen LogP contribution in [0, 0.1) is 0 Å². The summed E-state index contributed by atoms with van der Waals surface area (Å²) in [7, 11) is 0. The number of ether oxygens (including phenoxy) is 2. The Bertz CT molecular complexity index is 1160. The van der Waals surface area contributed by atoms with Crippen LogP contribution in [0.4, 0.5) is 0 Å². The third-order valence-electron chi connectivity index (χ3n) is 6.76. The highest BCUT2D eigenvalue weighted by molar-refractivity contribution is 5.88. The molecule has 0 bridgehead atoms. The largest absolute Gasteiger partial charge is 0.490 e. The van der Waals surface area contributed by atoms with Crippen LogP contribution in [-0.2, 0) is 0 Å². The van der Waals surface area contributed by atoms with Gasteiger partial charge in [-0.2, -0.15) is 0 Å². The highest BCUT2D eigenvalue weighted by Crippen LogP contribution is 2.26. The fraction of sp³-hybridized carbons (Fsp3) is 0.333. The Labute approximate surface area is 212 Å². The molecule has 0 radical (unpaired) electrons. The monoisotopic (exact) mass is 486 g/mol. The topological polar surface area (TPSA) is 65.4 Å². The van der Waals surface area contributed by atoms with Gasteiger partial charge in [0.15, 0.2) is 0 Å². The van der Waals surface area contributed by atoms with E-state index in [1.807, 2.05) is 60.7 Å². The summed E-state index contributed by atoms with van der Waals surface area (Å²) in [5.41, 5.74) is 0. The first kappa shape index (κ1) is 24.5. The third-order valence-corrected chi connectivity index (χ3v) is 6.76. The molecule has 6 nitrogen and oxygen atoms in total. The zero-order valence-electron chi connectivity index (χ0n) is 20.5. The van der Waals surface area contributed by atoms with Gasteiger partial charge in [0.25, 0.3) is 0 Å². The number of benzene rings is 4. The number of piperazine rings is 1. The van der Waals surface area contributed by atoms with Gasteiger partial charge in [-0.05, 0) is 22.9 Å². The lowest BCUT2D eigenvalue weighted by atomic mass is 10.1. The van der Waals surface area contributed by atoms with E-state index in [-0.39, 0.29) is 13.2 Å². The number of rotatable bonds is 10. The molecule has 1 aliphatic heterocycles. The summed E-state index contributed by atoms with van der Waals surface area (Å²) in [5, 5.41) is 25.5. The molecule has 1 heterocycles. The predicted octanol–water partition coefficient (Wildman–Crippen LogP) is 3.79. The van der Waals surface area contributed by atoms with Gasteiger partial charge in [0.05, 0.1) is 0 Å². The van der Waals surface area contributed by atoms with Crippen molar-refractivity contribution in [3.05, 3.63) is 84.9 Å². The fourth-order valence-electron chi connectivity index (χ4n) is 4.87. The number of nitrogens with zero attached hydrogens (tertiary/aromatic N) is 2. The molecule has 4 aromatic rings. The first-order valence-electron chi connectivity index (χ1n) is 12.7. The molecule has 0 saturated carbocycles. The number of β-amino-alcohol motifs (C(OH)–C–C–N with tert-alkyl or cyclic N) is 2. The molecule has 4 aromatic carbocycles. The molecular weight excluding hydrogens is 452 g/mol. The molecule has 1 saturated heterocycles. The smallest absolute Gasteiger partial charge is 0.127 e. The van der Waals surface area contributed by atoms with E-state index in [9.17, 15) is 10.2 Å². The summed E-state index contributed by atoms with van der Waals surface area (Å²) >= 11 is 0. The van der Waals surface area contributed by atoms with Crippen molar-refractivity contribution < 1.29 is 19.7 Å². The first-order valence-corrected chi connectivity index (χ1v) is 12.7. The first-order chi connectivity index (χ1) is 17.7. The standard InChI is InChI=1S/C30H34N2O4/c33-25(21-35-29-13-5-9-23-7-1-3-11-27(23)29)19-31-15-17-32(18-16-31)20-26(34)22-36-30-14-6-10-24-8-2-4-12-28(24)30/h1-14,25-26,33-34H,15-22H2/t25-,26-/m0/s1. The van der Waals surface area contributed by atoms with Crippen molar-refractivity contribution in [2.24, 2.45) is 0 Å². The molecule has 2 N–H and O–H groups in total. The summed E-state index contributed by atoms with van der Waals surface area (Å²) < 4.78 is 11.9. The Morgan fingerprint density at radius 1 is 0.556 bits per heavy atom. The Balaban J connectivity index is 1.03. The van der Waals surface area contributed by atoms with Gasteiger partial charge in [0.1, 0.15) is 36.9 Å². The van der Waals surface area contributed by atoms with Crippen molar-refractivity contribution in [3.8, 4) is 11.5 Å².